The zero-order valence-electron chi connectivity index (χ0n) is 6.98. The van der Waals surface area contributed by atoms with Gasteiger partial charge in [0.1, 0.15) is 0 Å². The fourth-order valence-corrected chi connectivity index (χ4v) is 3.10. The standard InChI is InChI=1S/C7H7NO5S/c8-6-4-2-14(11,12)1-3(4)5(13-6)7(9)10/h1-2,8H2,(H,9,10). The molecule has 6 nitrogen and oxygen atoms in total. The summed E-state index contributed by atoms with van der Waals surface area (Å²) in [7, 11) is -3.24. The average molecular weight is 217 g/mol. The monoisotopic (exact) mass is 217 g/mol. The minimum Gasteiger partial charge on any atom is -0.475 e. The lowest BCUT2D eigenvalue weighted by molar-refractivity contribution is 0.0662. The lowest BCUT2D eigenvalue weighted by Crippen LogP contribution is -2.02. The van der Waals surface area contributed by atoms with E-state index in [1.807, 2.05) is 0 Å². The van der Waals surface area contributed by atoms with E-state index in [9.17, 15) is 13.2 Å². The second kappa shape index (κ2) is 2.50. The summed E-state index contributed by atoms with van der Waals surface area (Å²) in [5.74, 6) is -2.30. The van der Waals surface area contributed by atoms with Gasteiger partial charge in [-0.3, -0.25) is 0 Å². The Morgan fingerprint density at radius 3 is 2.50 bits per heavy atom. The van der Waals surface area contributed by atoms with Gasteiger partial charge in [0.15, 0.2) is 15.7 Å². The molecule has 1 aliphatic rings. The third-order valence-corrected chi connectivity index (χ3v) is 3.53. The van der Waals surface area contributed by atoms with Crippen LogP contribution in [0, 0.1) is 0 Å². The molecule has 0 fully saturated rings. The Labute approximate surface area is 79.2 Å². The summed E-state index contributed by atoms with van der Waals surface area (Å²) in [4.78, 5) is 10.6. The van der Waals surface area contributed by atoms with Crippen LogP contribution in [-0.4, -0.2) is 19.5 Å². The smallest absolute Gasteiger partial charge is 0.372 e. The van der Waals surface area contributed by atoms with E-state index in [-0.39, 0.29) is 28.7 Å². The maximum Gasteiger partial charge on any atom is 0.372 e. The van der Waals surface area contributed by atoms with Crippen molar-refractivity contribution in [1.29, 1.82) is 0 Å². The molecule has 1 aromatic heterocycles. The van der Waals surface area contributed by atoms with Crippen LogP contribution in [0.25, 0.3) is 0 Å². The van der Waals surface area contributed by atoms with Gasteiger partial charge in [0.25, 0.3) is 0 Å². The van der Waals surface area contributed by atoms with E-state index >= 15 is 0 Å². The molecule has 2 heterocycles. The van der Waals surface area contributed by atoms with Crippen molar-refractivity contribution >= 4 is 21.7 Å². The Morgan fingerprint density at radius 2 is 1.93 bits per heavy atom. The Morgan fingerprint density at radius 1 is 1.36 bits per heavy atom. The molecule has 7 heteroatoms. The van der Waals surface area contributed by atoms with Gasteiger partial charge >= 0.3 is 5.97 Å². The van der Waals surface area contributed by atoms with E-state index in [1.165, 1.54) is 0 Å². The fraction of sp³-hybridized carbons (Fsp3) is 0.286. The van der Waals surface area contributed by atoms with E-state index in [0.29, 0.717) is 5.56 Å². The summed E-state index contributed by atoms with van der Waals surface area (Å²) in [6, 6.07) is 0. The number of sulfone groups is 1. The molecule has 0 unspecified atom stereocenters. The summed E-state index contributed by atoms with van der Waals surface area (Å²) < 4.78 is 27.1. The molecule has 0 saturated carbocycles. The van der Waals surface area contributed by atoms with Crippen molar-refractivity contribution in [1.82, 2.24) is 0 Å². The third-order valence-electron chi connectivity index (χ3n) is 2.07. The van der Waals surface area contributed by atoms with Crippen LogP contribution in [0.4, 0.5) is 5.88 Å². The number of carbonyl (C=O) groups is 1. The van der Waals surface area contributed by atoms with Gasteiger partial charge in [-0.2, -0.15) is 0 Å². The highest BCUT2D eigenvalue weighted by molar-refractivity contribution is 7.90. The van der Waals surface area contributed by atoms with Gasteiger partial charge < -0.3 is 15.3 Å². The predicted octanol–water partition coefficient (Wildman–Crippen LogP) is -0.0116. The molecule has 2 rings (SSSR count). The summed E-state index contributed by atoms with van der Waals surface area (Å²) in [5, 5.41) is 8.69. The number of carboxylic acid groups (broad SMARTS) is 1. The summed E-state index contributed by atoms with van der Waals surface area (Å²) in [6.45, 7) is 0. The van der Waals surface area contributed by atoms with Crippen LogP contribution in [-0.2, 0) is 21.3 Å². The minimum absolute atomic E-state index is 0.113. The number of furan rings is 1. The first-order chi connectivity index (χ1) is 6.41. The molecule has 0 amide bonds. The molecule has 0 aliphatic carbocycles. The largest absolute Gasteiger partial charge is 0.475 e. The van der Waals surface area contributed by atoms with Gasteiger partial charge in [0, 0.05) is 11.1 Å². The molecule has 0 atom stereocenters. The lowest BCUT2D eigenvalue weighted by Gasteiger charge is -1.92. The number of hydrogen-bond acceptors (Lipinski definition) is 5. The molecule has 0 aromatic carbocycles. The first kappa shape index (κ1) is 9.07. The molecular weight excluding hydrogens is 210 g/mol. The first-order valence-electron chi connectivity index (χ1n) is 3.74. The molecule has 0 spiro atoms. The van der Waals surface area contributed by atoms with Gasteiger partial charge in [-0.25, -0.2) is 13.2 Å². The number of carboxylic acids is 1. The highest BCUT2D eigenvalue weighted by Gasteiger charge is 2.35. The number of nitrogen functional groups attached to an aromatic ring is 1. The molecule has 1 aromatic rings. The van der Waals surface area contributed by atoms with Crippen molar-refractivity contribution in [2.75, 3.05) is 5.73 Å². The predicted molar refractivity (Wildman–Crippen MR) is 46.4 cm³/mol. The molecular formula is C7H7NO5S. The van der Waals surface area contributed by atoms with Crippen LogP contribution in [0.1, 0.15) is 21.7 Å². The summed E-state index contributed by atoms with van der Waals surface area (Å²) >= 11 is 0. The van der Waals surface area contributed by atoms with Crippen LogP contribution in [0.3, 0.4) is 0 Å². The maximum absolute atomic E-state index is 11.2. The van der Waals surface area contributed by atoms with Crippen molar-refractivity contribution in [2.24, 2.45) is 0 Å². The first-order valence-corrected chi connectivity index (χ1v) is 5.56. The number of anilines is 1. The summed E-state index contributed by atoms with van der Waals surface area (Å²) in [5.41, 5.74) is 5.84. The zero-order chi connectivity index (χ0) is 10.5. The lowest BCUT2D eigenvalue weighted by atomic mass is 10.2. The zero-order valence-corrected chi connectivity index (χ0v) is 7.80. The average Bonchev–Trinajstić information content (AvgIpc) is 2.47. The minimum atomic E-state index is -3.24. The molecule has 0 bridgehead atoms. The molecule has 0 radical (unpaired) electrons. The van der Waals surface area contributed by atoms with Crippen LogP contribution in [0.2, 0.25) is 0 Å². The topological polar surface area (TPSA) is 111 Å². The number of hydrogen-bond donors (Lipinski definition) is 2. The van der Waals surface area contributed by atoms with Gasteiger partial charge in [-0.1, -0.05) is 0 Å². The van der Waals surface area contributed by atoms with Gasteiger partial charge in [0.05, 0.1) is 11.5 Å². The van der Waals surface area contributed by atoms with E-state index in [4.69, 9.17) is 15.3 Å². The van der Waals surface area contributed by atoms with Gasteiger partial charge in [-0.15, -0.1) is 0 Å². The highest BCUT2D eigenvalue weighted by Crippen LogP contribution is 2.34. The van der Waals surface area contributed by atoms with Crippen molar-refractivity contribution < 1.29 is 22.7 Å². The van der Waals surface area contributed by atoms with Crippen LogP contribution >= 0.6 is 0 Å². The molecule has 1 aliphatic heterocycles. The molecule has 14 heavy (non-hydrogen) atoms. The Bertz CT molecular complexity index is 512. The SMILES string of the molecule is Nc1oc(C(=O)O)c2c1CS(=O)(=O)C2. The van der Waals surface area contributed by atoms with Crippen LogP contribution in [0.5, 0.6) is 0 Å². The third kappa shape index (κ3) is 1.17. The quantitative estimate of drug-likeness (QED) is 0.684. The van der Waals surface area contributed by atoms with Crippen molar-refractivity contribution in [2.45, 2.75) is 11.5 Å². The van der Waals surface area contributed by atoms with Crippen LogP contribution in [0.15, 0.2) is 4.42 Å². The second-order valence-electron chi connectivity index (χ2n) is 3.09. The molecule has 0 saturated heterocycles. The molecule has 76 valence electrons. The van der Waals surface area contributed by atoms with E-state index < -0.39 is 15.8 Å². The maximum atomic E-state index is 11.2. The van der Waals surface area contributed by atoms with E-state index in [1.54, 1.807) is 0 Å². The number of aromatic carboxylic acids is 1. The summed E-state index contributed by atoms with van der Waals surface area (Å²) in [6.07, 6.45) is 0. The van der Waals surface area contributed by atoms with Crippen molar-refractivity contribution in [3.63, 3.8) is 0 Å². The number of fused-ring (bicyclic) bond motifs is 1. The Balaban J connectivity index is 2.63. The Hall–Kier alpha value is -1.50. The Kier molecular flexibility index (Phi) is 1.62. The highest BCUT2D eigenvalue weighted by atomic mass is 32.2. The van der Waals surface area contributed by atoms with Crippen molar-refractivity contribution in [3.8, 4) is 0 Å². The van der Waals surface area contributed by atoms with E-state index in [2.05, 4.69) is 0 Å². The van der Waals surface area contributed by atoms with Crippen LogP contribution < -0.4 is 5.73 Å². The normalized spacial score (nSPS) is 18.0. The van der Waals surface area contributed by atoms with E-state index in [0.717, 1.165) is 0 Å². The van der Waals surface area contributed by atoms with Gasteiger partial charge in [0.2, 0.25) is 5.76 Å². The fourth-order valence-electron chi connectivity index (χ4n) is 1.49. The molecule has 3 N–H and O–H groups in total. The second-order valence-corrected chi connectivity index (χ2v) is 5.15. The van der Waals surface area contributed by atoms with Crippen molar-refractivity contribution in [3.05, 3.63) is 16.9 Å². The number of nitrogens with two attached hydrogens (primary N) is 1. The number of rotatable bonds is 1. The van der Waals surface area contributed by atoms with Gasteiger partial charge in [-0.05, 0) is 0 Å².